The highest BCUT2D eigenvalue weighted by atomic mass is 19.1. The van der Waals surface area contributed by atoms with E-state index in [1.54, 1.807) is 33.5 Å². The molecular weight excluding hydrogens is 395 g/mol. The quantitative estimate of drug-likeness (QED) is 0.563. The third-order valence-electron chi connectivity index (χ3n) is 6.03. The van der Waals surface area contributed by atoms with Crippen molar-refractivity contribution in [1.82, 2.24) is 9.80 Å². The van der Waals surface area contributed by atoms with E-state index < -0.39 is 0 Å². The number of hydrogen-bond acceptors (Lipinski definition) is 5. The van der Waals surface area contributed by atoms with Gasteiger partial charge >= 0.3 is 0 Å². The molecule has 0 spiro atoms. The Kier molecular flexibility index (Phi) is 8.55. The van der Waals surface area contributed by atoms with Gasteiger partial charge in [0.15, 0.2) is 11.5 Å². The molecular formula is C25H35FN2O3. The Hall–Kier alpha value is -2.31. The molecule has 2 aromatic rings. The molecule has 0 saturated carbocycles. The second-order valence-corrected chi connectivity index (χ2v) is 8.38. The van der Waals surface area contributed by atoms with Crippen molar-refractivity contribution >= 4 is 0 Å². The van der Waals surface area contributed by atoms with Crippen LogP contribution < -0.4 is 14.2 Å². The van der Waals surface area contributed by atoms with E-state index >= 15 is 0 Å². The van der Waals surface area contributed by atoms with E-state index in [4.69, 9.17) is 14.2 Å². The zero-order chi connectivity index (χ0) is 22.2. The van der Waals surface area contributed by atoms with Crippen LogP contribution in [0.1, 0.15) is 24.0 Å². The van der Waals surface area contributed by atoms with E-state index in [2.05, 4.69) is 16.8 Å². The van der Waals surface area contributed by atoms with Crippen molar-refractivity contribution in [2.45, 2.75) is 25.8 Å². The fourth-order valence-corrected chi connectivity index (χ4v) is 4.53. The molecule has 2 aromatic carbocycles. The van der Waals surface area contributed by atoms with Crippen LogP contribution in [0.3, 0.4) is 0 Å². The Bertz CT molecular complexity index is 828. The maximum Gasteiger partial charge on any atom is 0.203 e. The van der Waals surface area contributed by atoms with Gasteiger partial charge in [-0.3, -0.25) is 0 Å². The molecule has 1 fully saturated rings. The van der Waals surface area contributed by atoms with Crippen LogP contribution in [0.15, 0.2) is 36.4 Å². The molecule has 170 valence electrons. The number of likely N-dealkylation sites (tertiary alicyclic amines) is 1. The largest absolute Gasteiger partial charge is 0.493 e. The molecule has 0 amide bonds. The van der Waals surface area contributed by atoms with E-state index in [-0.39, 0.29) is 5.82 Å². The summed E-state index contributed by atoms with van der Waals surface area (Å²) in [6.45, 7) is 5.09. The number of rotatable bonds is 10. The number of ether oxygens (including phenoxy) is 3. The topological polar surface area (TPSA) is 34.2 Å². The van der Waals surface area contributed by atoms with Gasteiger partial charge in [-0.05, 0) is 62.5 Å². The predicted octanol–water partition coefficient (Wildman–Crippen LogP) is 4.24. The number of hydrogen-bond donors (Lipinski definition) is 0. The fourth-order valence-electron chi connectivity index (χ4n) is 4.53. The second-order valence-electron chi connectivity index (χ2n) is 8.38. The van der Waals surface area contributed by atoms with Crippen molar-refractivity contribution in [2.75, 3.05) is 54.6 Å². The molecule has 1 heterocycles. The molecule has 1 unspecified atom stereocenters. The maximum absolute atomic E-state index is 13.1. The summed E-state index contributed by atoms with van der Waals surface area (Å²) in [5.74, 6) is 2.52. The van der Waals surface area contributed by atoms with Gasteiger partial charge in [-0.25, -0.2) is 4.39 Å². The van der Waals surface area contributed by atoms with Crippen molar-refractivity contribution in [1.29, 1.82) is 0 Å². The van der Waals surface area contributed by atoms with Gasteiger partial charge in [0.2, 0.25) is 5.75 Å². The maximum atomic E-state index is 13.1. The van der Waals surface area contributed by atoms with Crippen molar-refractivity contribution in [2.24, 2.45) is 5.92 Å². The number of halogens is 1. The minimum absolute atomic E-state index is 0.170. The molecule has 1 atom stereocenters. The highest BCUT2D eigenvalue weighted by Crippen LogP contribution is 2.40. The molecule has 6 heteroatoms. The van der Waals surface area contributed by atoms with Gasteiger partial charge in [-0.2, -0.15) is 0 Å². The minimum Gasteiger partial charge on any atom is -0.493 e. The van der Waals surface area contributed by atoms with Crippen LogP contribution in [0.5, 0.6) is 17.2 Å². The summed E-state index contributed by atoms with van der Waals surface area (Å²) in [5, 5.41) is 0. The Balaban J connectivity index is 1.54. The third-order valence-corrected chi connectivity index (χ3v) is 6.03. The zero-order valence-electron chi connectivity index (χ0n) is 19.2. The SMILES string of the molecule is COc1ccc(CN(C)CC2CCCN(CCc3ccc(F)cc3)C2)c(OC)c1OC. The normalized spacial score (nSPS) is 17.0. The van der Waals surface area contributed by atoms with Crippen LogP contribution in [0.4, 0.5) is 4.39 Å². The first-order valence-electron chi connectivity index (χ1n) is 11.0. The van der Waals surface area contributed by atoms with E-state index in [0.29, 0.717) is 17.4 Å². The first-order valence-corrected chi connectivity index (χ1v) is 11.0. The standard InChI is InChI=1S/C25H35FN2O3/c1-27(18-21-9-12-23(29-2)25(31-4)24(21)30-3)16-20-6-5-14-28(17-20)15-13-19-7-10-22(26)11-8-19/h7-12,20H,5-6,13-18H2,1-4H3. The van der Waals surface area contributed by atoms with E-state index in [0.717, 1.165) is 50.5 Å². The van der Waals surface area contributed by atoms with Gasteiger partial charge < -0.3 is 24.0 Å². The van der Waals surface area contributed by atoms with Crippen LogP contribution in [0, 0.1) is 11.7 Å². The number of methoxy groups -OCH3 is 3. The van der Waals surface area contributed by atoms with Gasteiger partial charge in [0.05, 0.1) is 21.3 Å². The molecule has 1 aliphatic rings. The Labute approximate surface area is 185 Å². The monoisotopic (exact) mass is 430 g/mol. The highest BCUT2D eigenvalue weighted by Gasteiger charge is 2.22. The van der Waals surface area contributed by atoms with Crippen molar-refractivity contribution < 1.29 is 18.6 Å². The smallest absolute Gasteiger partial charge is 0.203 e. The fraction of sp³-hybridized carbons (Fsp3) is 0.520. The number of nitrogens with zero attached hydrogens (tertiary/aromatic N) is 2. The lowest BCUT2D eigenvalue weighted by atomic mass is 9.96. The summed E-state index contributed by atoms with van der Waals surface area (Å²) in [6.07, 6.45) is 3.44. The molecule has 0 radical (unpaired) electrons. The van der Waals surface area contributed by atoms with Gasteiger partial charge in [-0.15, -0.1) is 0 Å². The van der Waals surface area contributed by atoms with E-state index in [1.165, 1.54) is 18.4 Å². The molecule has 0 bridgehead atoms. The minimum atomic E-state index is -0.170. The van der Waals surface area contributed by atoms with Crippen molar-refractivity contribution in [3.8, 4) is 17.2 Å². The summed E-state index contributed by atoms with van der Waals surface area (Å²) in [4.78, 5) is 4.90. The average Bonchev–Trinajstić information content (AvgIpc) is 2.78. The zero-order valence-corrected chi connectivity index (χ0v) is 19.2. The summed E-state index contributed by atoms with van der Waals surface area (Å²) in [5.41, 5.74) is 2.29. The molecule has 0 N–H and O–H groups in total. The summed E-state index contributed by atoms with van der Waals surface area (Å²) in [6, 6.07) is 10.9. The Morgan fingerprint density at radius 3 is 2.42 bits per heavy atom. The van der Waals surface area contributed by atoms with Crippen LogP contribution in [0.2, 0.25) is 0 Å². The number of benzene rings is 2. The Morgan fingerprint density at radius 2 is 1.74 bits per heavy atom. The average molecular weight is 431 g/mol. The van der Waals surface area contributed by atoms with Gasteiger partial charge in [-0.1, -0.05) is 18.2 Å². The van der Waals surface area contributed by atoms with Crippen molar-refractivity contribution in [3.05, 3.63) is 53.3 Å². The molecule has 5 nitrogen and oxygen atoms in total. The van der Waals surface area contributed by atoms with Gasteiger partial charge in [0.25, 0.3) is 0 Å². The van der Waals surface area contributed by atoms with Crippen LogP contribution in [-0.4, -0.2) is 64.4 Å². The molecule has 31 heavy (non-hydrogen) atoms. The van der Waals surface area contributed by atoms with Gasteiger partial charge in [0, 0.05) is 31.7 Å². The Morgan fingerprint density at radius 1 is 1.00 bits per heavy atom. The lowest BCUT2D eigenvalue weighted by Gasteiger charge is -2.35. The molecule has 0 aliphatic carbocycles. The summed E-state index contributed by atoms with van der Waals surface area (Å²) < 4.78 is 29.6. The molecule has 1 saturated heterocycles. The van der Waals surface area contributed by atoms with E-state index in [1.807, 2.05) is 24.3 Å². The third kappa shape index (κ3) is 6.34. The predicted molar refractivity (Wildman–Crippen MR) is 122 cm³/mol. The lowest BCUT2D eigenvalue weighted by Crippen LogP contribution is -2.40. The first-order chi connectivity index (χ1) is 15.0. The van der Waals surface area contributed by atoms with Crippen LogP contribution in [-0.2, 0) is 13.0 Å². The molecule has 1 aliphatic heterocycles. The van der Waals surface area contributed by atoms with Crippen LogP contribution in [0.25, 0.3) is 0 Å². The van der Waals surface area contributed by atoms with Crippen molar-refractivity contribution in [3.63, 3.8) is 0 Å². The van der Waals surface area contributed by atoms with Gasteiger partial charge in [0.1, 0.15) is 5.82 Å². The molecule has 3 rings (SSSR count). The van der Waals surface area contributed by atoms with Crippen LogP contribution >= 0.6 is 0 Å². The lowest BCUT2D eigenvalue weighted by molar-refractivity contribution is 0.142. The summed E-state index contributed by atoms with van der Waals surface area (Å²) >= 11 is 0. The summed E-state index contributed by atoms with van der Waals surface area (Å²) in [7, 11) is 7.10. The highest BCUT2D eigenvalue weighted by molar-refractivity contribution is 5.55. The van der Waals surface area contributed by atoms with E-state index in [9.17, 15) is 4.39 Å². The first kappa shape index (κ1) is 23.4. The molecule has 0 aromatic heterocycles. The second kappa shape index (κ2) is 11.3. The number of piperidine rings is 1.